The van der Waals surface area contributed by atoms with Crippen LogP contribution in [0.4, 0.5) is 4.79 Å². The number of carbonyl (C=O) groups excluding carboxylic acids is 1. The summed E-state index contributed by atoms with van der Waals surface area (Å²) in [6, 6.07) is -1.57. The highest BCUT2D eigenvalue weighted by Gasteiger charge is 2.29. The Labute approximate surface area is 82.7 Å². The summed E-state index contributed by atoms with van der Waals surface area (Å²) in [6.07, 6.45) is 4.94. The Hall–Kier alpha value is -1.26. The van der Waals surface area contributed by atoms with Crippen LogP contribution in [0.25, 0.3) is 0 Å². The second kappa shape index (κ2) is 4.83. The summed E-state index contributed by atoms with van der Waals surface area (Å²) in [5, 5.41) is 11.2. The van der Waals surface area contributed by atoms with Gasteiger partial charge >= 0.3 is 12.0 Å². The van der Waals surface area contributed by atoms with Crippen molar-refractivity contribution in [2.75, 3.05) is 0 Å². The van der Waals surface area contributed by atoms with Gasteiger partial charge in [-0.1, -0.05) is 19.3 Å². The number of nitrogens with two attached hydrogens (primary N) is 1. The second-order valence-corrected chi connectivity index (χ2v) is 3.72. The predicted octanol–water partition coefficient (Wildman–Crippen LogP) is 0.688. The molecule has 1 rings (SSSR count). The minimum absolute atomic E-state index is 0.0359. The van der Waals surface area contributed by atoms with Crippen LogP contribution in [0.2, 0.25) is 0 Å². The van der Waals surface area contributed by atoms with Crippen LogP contribution >= 0.6 is 0 Å². The lowest BCUT2D eigenvalue weighted by Crippen LogP contribution is -2.48. The molecular formula is C9H16N2O3. The van der Waals surface area contributed by atoms with Gasteiger partial charge in [0.1, 0.15) is 6.04 Å². The van der Waals surface area contributed by atoms with Crippen LogP contribution in [0, 0.1) is 5.92 Å². The topological polar surface area (TPSA) is 92.4 Å². The standard InChI is InChI=1S/C9H16N2O3/c10-9(14)11-7(8(12)13)6-4-2-1-3-5-6/h6-7H,1-5H2,(H,12,13)(H3,10,11,14). The number of hydrogen-bond acceptors (Lipinski definition) is 2. The molecular weight excluding hydrogens is 184 g/mol. The van der Waals surface area contributed by atoms with E-state index in [0.29, 0.717) is 0 Å². The van der Waals surface area contributed by atoms with Crippen molar-refractivity contribution < 1.29 is 14.7 Å². The lowest BCUT2D eigenvalue weighted by molar-refractivity contribution is -0.141. The highest BCUT2D eigenvalue weighted by atomic mass is 16.4. The summed E-state index contributed by atoms with van der Waals surface area (Å²) in [7, 11) is 0. The third kappa shape index (κ3) is 2.90. The van der Waals surface area contributed by atoms with Crippen LogP contribution in [-0.4, -0.2) is 23.1 Å². The Bertz CT molecular complexity index is 224. The van der Waals surface area contributed by atoms with Gasteiger partial charge in [0.25, 0.3) is 0 Å². The van der Waals surface area contributed by atoms with Gasteiger partial charge in [-0.05, 0) is 18.8 Å². The number of urea groups is 1. The highest BCUT2D eigenvalue weighted by Crippen LogP contribution is 2.26. The van der Waals surface area contributed by atoms with Crippen LogP contribution in [0.3, 0.4) is 0 Å². The van der Waals surface area contributed by atoms with E-state index in [-0.39, 0.29) is 5.92 Å². The first-order valence-electron chi connectivity index (χ1n) is 4.90. The first-order chi connectivity index (χ1) is 6.61. The molecule has 14 heavy (non-hydrogen) atoms. The molecule has 0 aromatic heterocycles. The number of carboxylic acids is 1. The van der Waals surface area contributed by atoms with Gasteiger partial charge in [0.05, 0.1) is 0 Å². The zero-order chi connectivity index (χ0) is 10.6. The Morgan fingerprint density at radius 2 is 1.86 bits per heavy atom. The Morgan fingerprint density at radius 3 is 2.29 bits per heavy atom. The molecule has 4 N–H and O–H groups in total. The van der Waals surface area contributed by atoms with E-state index in [0.717, 1.165) is 32.1 Å². The summed E-state index contributed by atoms with van der Waals surface area (Å²) in [5.74, 6) is -0.954. The minimum atomic E-state index is -0.990. The van der Waals surface area contributed by atoms with Crippen molar-refractivity contribution >= 4 is 12.0 Å². The highest BCUT2D eigenvalue weighted by molar-refractivity contribution is 5.81. The van der Waals surface area contributed by atoms with Gasteiger partial charge < -0.3 is 16.2 Å². The molecule has 0 heterocycles. The number of primary amides is 1. The molecule has 0 aromatic rings. The zero-order valence-electron chi connectivity index (χ0n) is 8.03. The van der Waals surface area contributed by atoms with Crippen LogP contribution in [0.1, 0.15) is 32.1 Å². The van der Waals surface area contributed by atoms with Crippen molar-refractivity contribution in [1.29, 1.82) is 0 Å². The molecule has 2 amide bonds. The van der Waals surface area contributed by atoms with Crippen LogP contribution in [0.15, 0.2) is 0 Å². The molecule has 0 radical (unpaired) electrons. The molecule has 0 aromatic carbocycles. The summed E-state index contributed by atoms with van der Waals surface area (Å²) in [5.41, 5.74) is 4.92. The summed E-state index contributed by atoms with van der Waals surface area (Å²) in [6.45, 7) is 0. The SMILES string of the molecule is NC(=O)NC(C(=O)O)C1CCCCC1. The average molecular weight is 200 g/mol. The smallest absolute Gasteiger partial charge is 0.326 e. The first-order valence-corrected chi connectivity index (χ1v) is 4.90. The molecule has 1 aliphatic carbocycles. The lowest BCUT2D eigenvalue weighted by atomic mass is 9.84. The van der Waals surface area contributed by atoms with E-state index in [4.69, 9.17) is 10.8 Å². The number of hydrogen-bond donors (Lipinski definition) is 3. The number of nitrogens with one attached hydrogen (secondary N) is 1. The maximum Gasteiger partial charge on any atom is 0.326 e. The van der Waals surface area contributed by atoms with Crippen molar-refractivity contribution in [3.8, 4) is 0 Å². The van der Waals surface area contributed by atoms with E-state index in [9.17, 15) is 9.59 Å². The van der Waals surface area contributed by atoms with Crippen molar-refractivity contribution in [2.45, 2.75) is 38.1 Å². The monoisotopic (exact) mass is 200 g/mol. The van der Waals surface area contributed by atoms with Crippen LogP contribution < -0.4 is 11.1 Å². The Kier molecular flexibility index (Phi) is 3.73. The van der Waals surface area contributed by atoms with Crippen molar-refractivity contribution in [2.24, 2.45) is 11.7 Å². The largest absolute Gasteiger partial charge is 0.480 e. The predicted molar refractivity (Wildman–Crippen MR) is 50.7 cm³/mol. The number of carboxylic acid groups (broad SMARTS) is 1. The molecule has 1 unspecified atom stereocenters. The molecule has 0 spiro atoms. The fourth-order valence-corrected chi connectivity index (χ4v) is 2.00. The van der Waals surface area contributed by atoms with Gasteiger partial charge in [-0.25, -0.2) is 9.59 Å². The van der Waals surface area contributed by atoms with E-state index in [2.05, 4.69) is 5.32 Å². The van der Waals surface area contributed by atoms with E-state index in [1.807, 2.05) is 0 Å². The van der Waals surface area contributed by atoms with E-state index < -0.39 is 18.0 Å². The normalized spacial score (nSPS) is 20.0. The molecule has 1 fully saturated rings. The summed E-state index contributed by atoms with van der Waals surface area (Å²) in [4.78, 5) is 21.5. The molecule has 0 aliphatic heterocycles. The number of rotatable bonds is 3. The van der Waals surface area contributed by atoms with Gasteiger partial charge in [0, 0.05) is 0 Å². The Balaban J connectivity index is 2.56. The van der Waals surface area contributed by atoms with Gasteiger partial charge in [0.15, 0.2) is 0 Å². The van der Waals surface area contributed by atoms with Crippen LogP contribution in [-0.2, 0) is 4.79 Å². The maximum absolute atomic E-state index is 10.9. The fourth-order valence-electron chi connectivity index (χ4n) is 2.00. The quantitative estimate of drug-likeness (QED) is 0.625. The maximum atomic E-state index is 10.9. The van der Waals surface area contributed by atoms with E-state index >= 15 is 0 Å². The van der Waals surface area contributed by atoms with Crippen molar-refractivity contribution in [1.82, 2.24) is 5.32 Å². The molecule has 0 saturated heterocycles. The van der Waals surface area contributed by atoms with Gasteiger partial charge in [-0.3, -0.25) is 0 Å². The van der Waals surface area contributed by atoms with Crippen LogP contribution in [0.5, 0.6) is 0 Å². The number of carbonyl (C=O) groups is 2. The zero-order valence-corrected chi connectivity index (χ0v) is 8.03. The number of aliphatic carboxylic acids is 1. The van der Waals surface area contributed by atoms with E-state index in [1.165, 1.54) is 0 Å². The molecule has 5 heteroatoms. The molecule has 1 atom stereocenters. The Morgan fingerprint density at radius 1 is 1.29 bits per heavy atom. The summed E-state index contributed by atoms with van der Waals surface area (Å²) >= 11 is 0. The van der Waals surface area contributed by atoms with Gasteiger partial charge in [-0.2, -0.15) is 0 Å². The molecule has 0 bridgehead atoms. The molecule has 1 aliphatic rings. The third-order valence-electron chi connectivity index (χ3n) is 2.69. The van der Waals surface area contributed by atoms with Crippen molar-refractivity contribution in [3.63, 3.8) is 0 Å². The van der Waals surface area contributed by atoms with Gasteiger partial charge in [0.2, 0.25) is 0 Å². The van der Waals surface area contributed by atoms with Crippen molar-refractivity contribution in [3.05, 3.63) is 0 Å². The molecule has 1 saturated carbocycles. The fraction of sp³-hybridized carbons (Fsp3) is 0.778. The minimum Gasteiger partial charge on any atom is -0.480 e. The average Bonchev–Trinajstić information content (AvgIpc) is 2.15. The summed E-state index contributed by atoms with van der Waals surface area (Å²) < 4.78 is 0. The second-order valence-electron chi connectivity index (χ2n) is 3.72. The lowest BCUT2D eigenvalue weighted by Gasteiger charge is -2.27. The first kappa shape index (κ1) is 10.8. The number of amides is 2. The molecule has 5 nitrogen and oxygen atoms in total. The third-order valence-corrected chi connectivity index (χ3v) is 2.69. The van der Waals surface area contributed by atoms with Gasteiger partial charge in [-0.15, -0.1) is 0 Å². The van der Waals surface area contributed by atoms with E-state index in [1.54, 1.807) is 0 Å². The molecule has 80 valence electrons.